The number of aryl methyl sites for hydroxylation is 1. The van der Waals surface area contributed by atoms with E-state index in [4.69, 9.17) is 0 Å². The molecule has 1 rings (SSSR count). The third-order valence-corrected chi connectivity index (χ3v) is 2.15. The smallest absolute Gasteiger partial charge is 0.301 e. The highest BCUT2D eigenvalue weighted by Crippen LogP contribution is 1.99. The van der Waals surface area contributed by atoms with E-state index in [0.717, 1.165) is 12.8 Å². The van der Waals surface area contributed by atoms with Crippen LogP contribution in [0.1, 0.15) is 32.6 Å². The van der Waals surface area contributed by atoms with E-state index in [1.165, 1.54) is 23.5 Å². The van der Waals surface area contributed by atoms with Crippen LogP contribution in [0.5, 0.6) is 0 Å². The largest absolute Gasteiger partial charge is 0.328 e. The summed E-state index contributed by atoms with van der Waals surface area (Å²) < 4.78 is 1.54. The van der Waals surface area contributed by atoms with Crippen LogP contribution in [0.15, 0.2) is 21.9 Å². The Morgan fingerprint density at radius 2 is 2.07 bits per heavy atom. The molecule has 1 N–H and O–H groups in total. The maximum absolute atomic E-state index is 11.2. The van der Waals surface area contributed by atoms with Crippen LogP contribution in [-0.4, -0.2) is 9.55 Å². The van der Waals surface area contributed by atoms with Gasteiger partial charge in [0.15, 0.2) is 0 Å². The molecule has 0 unspecified atom stereocenters. The zero-order valence-electron chi connectivity index (χ0n) is 8.45. The third-order valence-electron chi connectivity index (χ3n) is 2.15. The average Bonchev–Trinajstić information content (AvgIpc) is 2.15. The van der Waals surface area contributed by atoms with Gasteiger partial charge in [0, 0.05) is 18.8 Å². The third kappa shape index (κ3) is 3.20. The molecule has 0 aliphatic heterocycles. The van der Waals surface area contributed by atoms with Gasteiger partial charge in [0.05, 0.1) is 0 Å². The fourth-order valence-electron chi connectivity index (χ4n) is 1.33. The molecular weight excluding hydrogens is 180 g/mol. The fraction of sp³-hybridized carbons (Fsp3) is 0.600. The molecule has 0 aliphatic rings. The van der Waals surface area contributed by atoms with E-state index in [1.807, 2.05) is 0 Å². The second kappa shape index (κ2) is 5.42. The molecule has 1 aromatic rings. The van der Waals surface area contributed by atoms with Crippen molar-refractivity contribution in [1.82, 2.24) is 9.55 Å². The van der Waals surface area contributed by atoms with Gasteiger partial charge in [-0.15, -0.1) is 0 Å². The maximum atomic E-state index is 11.2. The Morgan fingerprint density at radius 3 is 2.71 bits per heavy atom. The second-order valence-electron chi connectivity index (χ2n) is 3.36. The van der Waals surface area contributed by atoms with Crippen molar-refractivity contribution in [3.63, 3.8) is 0 Å². The van der Waals surface area contributed by atoms with Crippen LogP contribution < -0.4 is 11.2 Å². The highest BCUT2D eigenvalue weighted by molar-refractivity contribution is 4.82. The monoisotopic (exact) mass is 196 g/mol. The second-order valence-corrected chi connectivity index (χ2v) is 3.36. The van der Waals surface area contributed by atoms with Gasteiger partial charge >= 0.3 is 5.69 Å². The molecule has 1 heterocycles. The van der Waals surface area contributed by atoms with Crippen LogP contribution in [0, 0.1) is 0 Å². The summed E-state index contributed by atoms with van der Waals surface area (Å²) >= 11 is 0. The summed E-state index contributed by atoms with van der Waals surface area (Å²) in [5, 5.41) is 0. The molecule has 0 saturated carbocycles. The molecule has 14 heavy (non-hydrogen) atoms. The van der Waals surface area contributed by atoms with Gasteiger partial charge in [0.2, 0.25) is 0 Å². The quantitative estimate of drug-likeness (QED) is 0.717. The molecule has 0 aromatic carbocycles. The highest BCUT2D eigenvalue weighted by atomic mass is 16.2. The minimum Gasteiger partial charge on any atom is -0.301 e. The van der Waals surface area contributed by atoms with Crippen molar-refractivity contribution in [2.45, 2.75) is 39.2 Å². The Balaban J connectivity index is 2.51. The number of aromatic nitrogens is 2. The van der Waals surface area contributed by atoms with Crippen LogP contribution in [0.25, 0.3) is 0 Å². The zero-order chi connectivity index (χ0) is 10.4. The first-order valence-electron chi connectivity index (χ1n) is 5.04. The normalized spacial score (nSPS) is 10.4. The molecular formula is C10H16N2O2. The van der Waals surface area contributed by atoms with Gasteiger partial charge in [-0.1, -0.05) is 26.2 Å². The van der Waals surface area contributed by atoms with E-state index in [2.05, 4.69) is 11.9 Å². The summed E-state index contributed by atoms with van der Waals surface area (Å²) in [6, 6.07) is 1.38. The summed E-state index contributed by atoms with van der Waals surface area (Å²) in [6.07, 6.45) is 6.04. The standard InChI is InChI=1S/C10H16N2O2/c1-2-3-4-5-7-12-8-6-9(13)11-10(12)14/h6,8H,2-5,7H2,1H3,(H,11,13,14). The molecule has 4 heteroatoms. The van der Waals surface area contributed by atoms with Crippen LogP contribution in [0.3, 0.4) is 0 Å². The Kier molecular flexibility index (Phi) is 4.16. The summed E-state index contributed by atoms with van der Waals surface area (Å²) in [5.41, 5.74) is -0.645. The number of aromatic amines is 1. The minimum absolute atomic E-state index is 0.311. The fourth-order valence-corrected chi connectivity index (χ4v) is 1.33. The van der Waals surface area contributed by atoms with Crippen molar-refractivity contribution in [3.05, 3.63) is 33.1 Å². The molecule has 0 amide bonds. The van der Waals surface area contributed by atoms with E-state index in [9.17, 15) is 9.59 Å². The number of hydrogen-bond donors (Lipinski definition) is 1. The van der Waals surface area contributed by atoms with E-state index in [1.54, 1.807) is 6.20 Å². The lowest BCUT2D eigenvalue weighted by Gasteiger charge is -2.02. The van der Waals surface area contributed by atoms with Crippen LogP contribution in [-0.2, 0) is 6.54 Å². The SMILES string of the molecule is CCCCCCn1ccc(=O)[nH]c1=O. The van der Waals surface area contributed by atoms with E-state index < -0.39 is 0 Å². The number of nitrogens with zero attached hydrogens (tertiary/aromatic N) is 1. The van der Waals surface area contributed by atoms with Gasteiger partial charge in [-0.2, -0.15) is 0 Å². The summed E-state index contributed by atoms with van der Waals surface area (Å²) in [4.78, 5) is 24.2. The Hall–Kier alpha value is -1.32. The van der Waals surface area contributed by atoms with Crippen molar-refractivity contribution < 1.29 is 0 Å². The van der Waals surface area contributed by atoms with Gasteiger partial charge in [-0.05, 0) is 6.42 Å². The Labute approximate surface area is 82.6 Å². The van der Waals surface area contributed by atoms with Crippen molar-refractivity contribution in [1.29, 1.82) is 0 Å². The maximum Gasteiger partial charge on any atom is 0.328 e. The zero-order valence-corrected chi connectivity index (χ0v) is 8.45. The first-order chi connectivity index (χ1) is 6.74. The lowest BCUT2D eigenvalue weighted by molar-refractivity contribution is 0.560. The highest BCUT2D eigenvalue weighted by Gasteiger charge is 1.95. The summed E-state index contributed by atoms with van der Waals surface area (Å²) in [7, 11) is 0. The van der Waals surface area contributed by atoms with Crippen LogP contribution in [0.2, 0.25) is 0 Å². The molecule has 0 spiro atoms. The molecule has 0 aliphatic carbocycles. The number of nitrogens with one attached hydrogen (secondary N) is 1. The first-order valence-corrected chi connectivity index (χ1v) is 5.04. The van der Waals surface area contributed by atoms with Crippen LogP contribution in [0.4, 0.5) is 0 Å². The molecule has 0 bridgehead atoms. The minimum atomic E-state index is -0.334. The van der Waals surface area contributed by atoms with Gasteiger partial charge in [-0.3, -0.25) is 9.78 Å². The molecule has 0 saturated heterocycles. The van der Waals surface area contributed by atoms with Gasteiger partial charge in [-0.25, -0.2) is 4.79 Å². The molecule has 0 radical (unpaired) electrons. The molecule has 1 aromatic heterocycles. The molecule has 0 atom stereocenters. The van der Waals surface area contributed by atoms with Gasteiger partial charge < -0.3 is 4.57 Å². The van der Waals surface area contributed by atoms with Crippen molar-refractivity contribution >= 4 is 0 Å². The van der Waals surface area contributed by atoms with E-state index in [0.29, 0.717) is 6.54 Å². The topological polar surface area (TPSA) is 54.9 Å². The van der Waals surface area contributed by atoms with Crippen molar-refractivity contribution in [2.75, 3.05) is 0 Å². The molecule has 4 nitrogen and oxygen atoms in total. The summed E-state index contributed by atoms with van der Waals surface area (Å²) in [5.74, 6) is 0. The molecule has 78 valence electrons. The lowest BCUT2D eigenvalue weighted by Crippen LogP contribution is -2.28. The Morgan fingerprint density at radius 1 is 1.29 bits per heavy atom. The van der Waals surface area contributed by atoms with Crippen molar-refractivity contribution in [3.8, 4) is 0 Å². The van der Waals surface area contributed by atoms with Gasteiger partial charge in [0.1, 0.15) is 0 Å². The summed E-state index contributed by atoms with van der Waals surface area (Å²) in [6.45, 7) is 2.84. The predicted molar refractivity (Wildman–Crippen MR) is 55.5 cm³/mol. The van der Waals surface area contributed by atoms with E-state index in [-0.39, 0.29) is 11.2 Å². The number of unbranched alkanes of at least 4 members (excludes halogenated alkanes) is 3. The van der Waals surface area contributed by atoms with Crippen molar-refractivity contribution in [2.24, 2.45) is 0 Å². The average molecular weight is 196 g/mol. The Bertz CT molecular complexity index is 378. The number of rotatable bonds is 5. The lowest BCUT2D eigenvalue weighted by atomic mass is 10.2. The molecule has 0 fully saturated rings. The van der Waals surface area contributed by atoms with Gasteiger partial charge in [0.25, 0.3) is 5.56 Å². The van der Waals surface area contributed by atoms with E-state index >= 15 is 0 Å². The predicted octanol–water partition coefficient (Wildman–Crippen LogP) is 1.12. The number of hydrogen-bond acceptors (Lipinski definition) is 2. The van der Waals surface area contributed by atoms with Crippen LogP contribution >= 0.6 is 0 Å². The first kappa shape index (κ1) is 10.8. The number of H-pyrrole nitrogens is 1.